The van der Waals surface area contributed by atoms with E-state index in [1.807, 2.05) is 0 Å². The Balaban J connectivity index is 3.08. The Bertz CT molecular complexity index is 172. The summed E-state index contributed by atoms with van der Waals surface area (Å²) in [5, 5.41) is 3.35. The molecule has 0 aromatic rings. The van der Waals surface area contributed by atoms with Crippen LogP contribution >= 0.6 is 0 Å². The van der Waals surface area contributed by atoms with Gasteiger partial charge >= 0.3 is 0 Å². The van der Waals surface area contributed by atoms with Crippen LogP contribution < -0.4 is 5.32 Å². The zero-order chi connectivity index (χ0) is 13.8. The van der Waals surface area contributed by atoms with Crippen molar-refractivity contribution in [1.29, 1.82) is 0 Å². The Morgan fingerprint density at radius 3 is 2.00 bits per heavy atom. The summed E-state index contributed by atoms with van der Waals surface area (Å²) in [5.74, 6) is 2.19. The quantitative estimate of drug-likeness (QED) is 0.547. The molecule has 0 heterocycles. The Hall–Kier alpha value is -0.120. The number of hydrogen-bond acceptors (Lipinski definition) is 3. The molecule has 0 radical (unpaired) electrons. The zero-order valence-corrected chi connectivity index (χ0v) is 13.0. The Labute approximate surface area is 114 Å². The fraction of sp³-hybridized carbons (Fsp3) is 1.00. The number of nitrogens with one attached hydrogen (secondary N) is 1. The van der Waals surface area contributed by atoms with Gasteiger partial charge in [0.1, 0.15) is 0 Å². The van der Waals surface area contributed by atoms with E-state index in [1.165, 1.54) is 0 Å². The number of ether oxygens (including phenoxy) is 2. The van der Waals surface area contributed by atoms with Crippen LogP contribution in [0, 0.1) is 17.8 Å². The second kappa shape index (κ2) is 11.9. The summed E-state index contributed by atoms with van der Waals surface area (Å²) in [4.78, 5) is 0. The molecule has 3 heteroatoms. The molecule has 0 bridgehead atoms. The van der Waals surface area contributed by atoms with Gasteiger partial charge in [0.25, 0.3) is 0 Å². The average molecular weight is 259 g/mol. The fourth-order valence-corrected chi connectivity index (χ4v) is 1.46. The number of hydrogen-bond donors (Lipinski definition) is 1. The van der Waals surface area contributed by atoms with Gasteiger partial charge < -0.3 is 14.8 Å². The van der Waals surface area contributed by atoms with Gasteiger partial charge in [-0.1, -0.05) is 34.6 Å². The van der Waals surface area contributed by atoms with Gasteiger partial charge in [0, 0.05) is 13.2 Å². The third-order valence-corrected chi connectivity index (χ3v) is 3.20. The lowest BCUT2D eigenvalue weighted by Crippen LogP contribution is -2.24. The molecule has 1 atom stereocenters. The van der Waals surface area contributed by atoms with Crippen molar-refractivity contribution in [2.45, 2.75) is 41.0 Å². The van der Waals surface area contributed by atoms with Crippen LogP contribution in [-0.4, -0.2) is 39.5 Å². The monoisotopic (exact) mass is 259 g/mol. The first kappa shape index (κ1) is 17.9. The van der Waals surface area contributed by atoms with E-state index in [-0.39, 0.29) is 0 Å². The third-order valence-electron chi connectivity index (χ3n) is 3.20. The van der Waals surface area contributed by atoms with Gasteiger partial charge in [0.15, 0.2) is 0 Å². The molecule has 0 amide bonds. The molecule has 0 aliphatic carbocycles. The minimum atomic E-state index is 0.705. The van der Waals surface area contributed by atoms with Crippen LogP contribution in [0.25, 0.3) is 0 Å². The normalized spacial score (nSPS) is 13.5. The van der Waals surface area contributed by atoms with E-state index in [1.54, 1.807) is 0 Å². The van der Waals surface area contributed by atoms with Crippen molar-refractivity contribution >= 4 is 0 Å². The highest BCUT2D eigenvalue weighted by Crippen LogP contribution is 2.13. The predicted octanol–water partition coefficient (Wildman–Crippen LogP) is 2.95. The summed E-state index contributed by atoms with van der Waals surface area (Å²) in [6.45, 7) is 16.3. The summed E-state index contributed by atoms with van der Waals surface area (Å²) in [7, 11) is 0. The lowest BCUT2D eigenvalue weighted by Gasteiger charge is -2.15. The molecule has 0 aromatic carbocycles. The van der Waals surface area contributed by atoms with Crippen LogP contribution in [0.15, 0.2) is 0 Å². The van der Waals surface area contributed by atoms with Crippen LogP contribution in [0.2, 0.25) is 0 Å². The molecule has 0 aliphatic heterocycles. The predicted molar refractivity (Wildman–Crippen MR) is 78.0 cm³/mol. The molecule has 0 aliphatic rings. The van der Waals surface area contributed by atoms with Crippen molar-refractivity contribution in [1.82, 2.24) is 5.32 Å². The van der Waals surface area contributed by atoms with Gasteiger partial charge in [-0.05, 0) is 30.7 Å². The lowest BCUT2D eigenvalue weighted by molar-refractivity contribution is 0.0426. The van der Waals surface area contributed by atoms with E-state index < -0.39 is 0 Å². The molecule has 1 N–H and O–H groups in total. The van der Waals surface area contributed by atoms with Gasteiger partial charge in [-0.3, -0.25) is 0 Å². The Morgan fingerprint density at radius 2 is 1.44 bits per heavy atom. The summed E-state index contributed by atoms with van der Waals surface area (Å²) >= 11 is 0. The van der Waals surface area contributed by atoms with Crippen molar-refractivity contribution in [3.8, 4) is 0 Å². The molecule has 18 heavy (non-hydrogen) atoms. The summed E-state index contributed by atoms with van der Waals surface area (Å²) < 4.78 is 11.0. The van der Waals surface area contributed by atoms with E-state index in [0.29, 0.717) is 12.5 Å². The first-order valence-corrected chi connectivity index (χ1v) is 7.40. The highest BCUT2D eigenvalue weighted by atomic mass is 16.5. The maximum absolute atomic E-state index is 5.55. The smallest absolute Gasteiger partial charge is 0.0701 e. The standard InChI is InChI=1S/C15H33NO2/c1-13(2)12-16-7-9-18-11-10-17-8-6-15(5)14(3)4/h13-16H,6-12H2,1-5H3. The van der Waals surface area contributed by atoms with Crippen LogP contribution in [0.3, 0.4) is 0 Å². The molecular formula is C15H33NO2. The molecule has 110 valence electrons. The molecule has 0 spiro atoms. The van der Waals surface area contributed by atoms with Crippen LogP contribution in [-0.2, 0) is 9.47 Å². The van der Waals surface area contributed by atoms with E-state index in [0.717, 1.165) is 51.2 Å². The summed E-state index contributed by atoms with van der Waals surface area (Å²) in [6.07, 6.45) is 1.15. The highest BCUT2D eigenvalue weighted by Gasteiger charge is 2.05. The minimum absolute atomic E-state index is 0.705. The first-order chi connectivity index (χ1) is 8.54. The van der Waals surface area contributed by atoms with Crippen LogP contribution in [0.5, 0.6) is 0 Å². The van der Waals surface area contributed by atoms with Crippen LogP contribution in [0.4, 0.5) is 0 Å². The zero-order valence-electron chi connectivity index (χ0n) is 13.0. The molecule has 0 fully saturated rings. The van der Waals surface area contributed by atoms with Crippen LogP contribution in [0.1, 0.15) is 41.0 Å². The molecule has 0 saturated carbocycles. The van der Waals surface area contributed by atoms with Crippen molar-refractivity contribution in [2.24, 2.45) is 17.8 Å². The van der Waals surface area contributed by atoms with Crippen molar-refractivity contribution < 1.29 is 9.47 Å². The van der Waals surface area contributed by atoms with Crippen molar-refractivity contribution in [2.75, 3.05) is 39.5 Å². The first-order valence-electron chi connectivity index (χ1n) is 7.40. The van der Waals surface area contributed by atoms with Gasteiger partial charge in [0.05, 0.1) is 19.8 Å². The summed E-state index contributed by atoms with van der Waals surface area (Å²) in [6, 6.07) is 0. The molecule has 1 unspecified atom stereocenters. The van der Waals surface area contributed by atoms with E-state index in [9.17, 15) is 0 Å². The largest absolute Gasteiger partial charge is 0.379 e. The van der Waals surface area contributed by atoms with Crippen molar-refractivity contribution in [3.05, 3.63) is 0 Å². The van der Waals surface area contributed by atoms with E-state index >= 15 is 0 Å². The molecule has 0 saturated heterocycles. The number of rotatable bonds is 12. The minimum Gasteiger partial charge on any atom is -0.379 e. The molecular weight excluding hydrogens is 226 g/mol. The van der Waals surface area contributed by atoms with E-state index in [4.69, 9.17) is 9.47 Å². The van der Waals surface area contributed by atoms with Gasteiger partial charge in [-0.25, -0.2) is 0 Å². The topological polar surface area (TPSA) is 30.5 Å². The average Bonchev–Trinajstić information content (AvgIpc) is 2.30. The SMILES string of the molecule is CC(C)CNCCOCCOCCC(C)C(C)C. The van der Waals surface area contributed by atoms with Gasteiger partial charge in [-0.2, -0.15) is 0 Å². The highest BCUT2D eigenvalue weighted by molar-refractivity contribution is 4.56. The van der Waals surface area contributed by atoms with Gasteiger partial charge in [0.2, 0.25) is 0 Å². The Kier molecular flexibility index (Phi) is 11.9. The second-order valence-electron chi connectivity index (χ2n) is 5.83. The molecule has 0 rings (SSSR count). The second-order valence-corrected chi connectivity index (χ2v) is 5.83. The van der Waals surface area contributed by atoms with Crippen molar-refractivity contribution in [3.63, 3.8) is 0 Å². The molecule has 3 nitrogen and oxygen atoms in total. The third kappa shape index (κ3) is 12.3. The van der Waals surface area contributed by atoms with Gasteiger partial charge in [-0.15, -0.1) is 0 Å². The lowest BCUT2D eigenvalue weighted by atomic mass is 9.95. The summed E-state index contributed by atoms with van der Waals surface area (Å²) in [5.41, 5.74) is 0. The molecule has 0 aromatic heterocycles. The maximum atomic E-state index is 5.55. The van der Waals surface area contributed by atoms with E-state index in [2.05, 4.69) is 39.9 Å². The maximum Gasteiger partial charge on any atom is 0.0701 e. The fourth-order valence-electron chi connectivity index (χ4n) is 1.46. The Morgan fingerprint density at radius 1 is 0.833 bits per heavy atom.